The lowest BCUT2D eigenvalue weighted by Crippen LogP contribution is -2.39. The number of aryl methyl sites for hydroxylation is 1. The summed E-state index contributed by atoms with van der Waals surface area (Å²) in [7, 11) is -3.17. The van der Waals surface area contributed by atoms with Crippen LogP contribution in [-0.4, -0.2) is 33.7 Å². The molecule has 0 heterocycles. The number of benzene rings is 2. The van der Waals surface area contributed by atoms with Gasteiger partial charge < -0.3 is 10.6 Å². The third kappa shape index (κ3) is 7.79. The Morgan fingerprint density at radius 2 is 1.64 bits per heavy atom. The number of rotatable bonds is 7. The molecule has 154 valence electrons. The first kappa shape index (κ1) is 24.4. The van der Waals surface area contributed by atoms with Crippen molar-refractivity contribution in [3.63, 3.8) is 0 Å². The van der Waals surface area contributed by atoms with E-state index in [0.717, 1.165) is 24.6 Å². The molecule has 0 fully saturated rings. The van der Waals surface area contributed by atoms with Crippen molar-refractivity contribution in [2.24, 2.45) is 4.99 Å². The number of nitrogens with zero attached hydrogens (tertiary/aromatic N) is 1. The molecule has 0 bridgehead atoms. The summed E-state index contributed by atoms with van der Waals surface area (Å²) in [6.07, 6.45) is 1.21. The van der Waals surface area contributed by atoms with Gasteiger partial charge in [0.15, 0.2) is 15.8 Å². The lowest BCUT2D eigenvalue weighted by Gasteiger charge is -2.16. The average Bonchev–Trinajstić information content (AvgIpc) is 2.64. The molecule has 2 aromatic rings. The SMILES string of the molecule is CCNC(=NCc1ccc(S(C)(=O)=O)cc1)NCC(C)c1ccc(C)cc1.I. The van der Waals surface area contributed by atoms with E-state index in [2.05, 4.69) is 53.7 Å². The minimum atomic E-state index is -3.17. The van der Waals surface area contributed by atoms with Gasteiger partial charge in [0.05, 0.1) is 11.4 Å². The zero-order valence-corrected chi connectivity index (χ0v) is 20.0. The van der Waals surface area contributed by atoms with Gasteiger partial charge in [-0.15, -0.1) is 24.0 Å². The molecule has 0 spiro atoms. The minimum Gasteiger partial charge on any atom is -0.357 e. The normalized spacial score (nSPS) is 12.8. The van der Waals surface area contributed by atoms with Gasteiger partial charge in [-0.25, -0.2) is 13.4 Å². The lowest BCUT2D eigenvalue weighted by atomic mass is 10.0. The van der Waals surface area contributed by atoms with Crippen LogP contribution in [0.2, 0.25) is 0 Å². The number of hydrogen-bond acceptors (Lipinski definition) is 3. The molecule has 2 rings (SSSR count). The molecule has 0 saturated heterocycles. The quantitative estimate of drug-likeness (QED) is 0.334. The molecular weight excluding hydrogens is 485 g/mol. The summed E-state index contributed by atoms with van der Waals surface area (Å²) in [5.74, 6) is 1.12. The maximum absolute atomic E-state index is 11.5. The van der Waals surface area contributed by atoms with Crippen LogP contribution in [0.1, 0.15) is 36.5 Å². The van der Waals surface area contributed by atoms with E-state index in [1.54, 1.807) is 24.3 Å². The van der Waals surface area contributed by atoms with Crippen molar-refractivity contribution < 1.29 is 8.42 Å². The molecule has 2 N–H and O–H groups in total. The highest BCUT2D eigenvalue weighted by molar-refractivity contribution is 14.0. The Bertz CT molecular complexity index is 864. The van der Waals surface area contributed by atoms with E-state index in [0.29, 0.717) is 17.4 Å². The van der Waals surface area contributed by atoms with E-state index in [1.807, 2.05) is 6.92 Å². The van der Waals surface area contributed by atoms with Crippen LogP contribution in [0.5, 0.6) is 0 Å². The zero-order chi connectivity index (χ0) is 19.9. The van der Waals surface area contributed by atoms with Crippen molar-refractivity contribution in [1.29, 1.82) is 0 Å². The number of halogens is 1. The predicted octanol–water partition coefficient (Wildman–Crippen LogP) is 3.88. The maximum Gasteiger partial charge on any atom is 0.191 e. The van der Waals surface area contributed by atoms with Gasteiger partial charge >= 0.3 is 0 Å². The number of nitrogens with one attached hydrogen (secondary N) is 2. The van der Waals surface area contributed by atoms with Crippen LogP contribution < -0.4 is 10.6 Å². The molecule has 0 aliphatic heterocycles. The third-order valence-electron chi connectivity index (χ3n) is 4.34. The number of guanidine groups is 1. The molecule has 1 unspecified atom stereocenters. The fourth-order valence-corrected chi connectivity index (χ4v) is 3.25. The molecule has 0 amide bonds. The van der Waals surface area contributed by atoms with Crippen LogP contribution in [0.15, 0.2) is 58.4 Å². The van der Waals surface area contributed by atoms with E-state index < -0.39 is 9.84 Å². The van der Waals surface area contributed by atoms with Crippen LogP contribution in [0.25, 0.3) is 0 Å². The predicted molar refractivity (Wildman–Crippen MR) is 127 cm³/mol. The Morgan fingerprint density at radius 3 is 2.18 bits per heavy atom. The van der Waals surface area contributed by atoms with Gasteiger partial charge in [0.1, 0.15) is 0 Å². The van der Waals surface area contributed by atoms with Crippen LogP contribution in [0.4, 0.5) is 0 Å². The standard InChI is InChI=1S/C21H29N3O2S.HI/c1-5-22-21(23-14-17(3)19-10-6-16(2)7-11-19)24-15-18-8-12-20(13-9-18)27(4,25)26;/h6-13,17H,5,14-15H2,1-4H3,(H2,22,23,24);1H. The molecule has 1 atom stereocenters. The van der Waals surface area contributed by atoms with Gasteiger partial charge in [-0.05, 0) is 43.0 Å². The second-order valence-corrected chi connectivity index (χ2v) is 8.82. The van der Waals surface area contributed by atoms with Crippen LogP contribution in [0, 0.1) is 6.92 Å². The summed E-state index contributed by atoms with van der Waals surface area (Å²) in [6, 6.07) is 15.4. The molecule has 5 nitrogen and oxygen atoms in total. The summed E-state index contributed by atoms with van der Waals surface area (Å²) in [5.41, 5.74) is 3.52. The third-order valence-corrected chi connectivity index (χ3v) is 5.47. The number of sulfone groups is 1. The highest BCUT2D eigenvalue weighted by atomic mass is 127. The fourth-order valence-electron chi connectivity index (χ4n) is 2.62. The second-order valence-electron chi connectivity index (χ2n) is 6.80. The summed E-state index contributed by atoms with van der Waals surface area (Å²) >= 11 is 0. The highest BCUT2D eigenvalue weighted by Crippen LogP contribution is 2.15. The second kappa shape index (κ2) is 11.4. The first-order valence-electron chi connectivity index (χ1n) is 9.17. The van der Waals surface area contributed by atoms with Gasteiger partial charge in [-0.2, -0.15) is 0 Å². The molecule has 0 aromatic heterocycles. The highest BCUT2D eigenvalue weighted by Gasteiger charge is 2.08. The van der Waals surface area contributed by atoms with Crippen molar-refractivity contribution in [3.05, 3.63) is 65.2 Å². The molecule has 0 radical (unpaired) electrons. The van der Waals surface area contributed by atoms with Crippen molar-refractivity contribution in [1.82, 2.24) is 10.6 Å². The Balaban J connectivity index is 0.00000392. The molecular formula is C21H30IN3O2S. The molecule has 7 heteroatoms. The molecule has 28 heavy (non-hydrogen) atoms. The Labute approximate surface area is 186 Å². The summed E-state index contributed by atoms with van der Waals surface area (Å²) in [5, 5.41) is 6.63. The smallest absolute Gasteiger partial charge is 0.191 e. The van der Waals surface area contributed by atoms with E-state index in [1.165, 1.54) is 17.4 Å². The zero-order valence-electron chi connectivity index (χ0n) is 16.9. The van der Waals surface area contributed by atoms with Crippen molar-refractivity contribution in [2.45, 2.75) is 38.1 Å². The molecule has 0 aliphatic carbocycles. The monoisotopic (exact) mass is 515 g/mol. The summed E-state index contributed by atoms with van der Waals surface area (Å²) in [6.45, 7) is 8.34. The van der Waals surface area contributed by atoms with Gasteiger partial charge in [0.25, 0.3) is 0 Å². The average molecular weight is 515 g/mol. The molecule has 0 aliphatic rings. The van der Waals surface area contributed by atoms with Crippen molar-refractivity contribution in [2.75, 3.05) is 19.3 Å². The fraction of sp³-hybridized carbons (Fsp3) is 0.381. The largest absolute Gasteiger partial charge is 0.357 e. The first-order valence-corrected chi connectivity index (χ1v) is 11.1. The number of aliphatic imine (C=N–C) groups is 1. The van der Waals surface area contributed by atoms with Crippen LogP contribution in [-0.2, 0) is 16.4 Å². The van der Waals surface area contributed by atoms with Crippen LogP contribution >= 0.6 is 24.0 Å². The Hall–Kier alpha value is -1.61. The Kier molecular flexibility index (Phi) is 9.95. The summed E-state index contributed by atoms with van der Waals surface area (Å²) < 4.78 is 23.1. The van der Waals surface area contributed by atoms with E-state index >= 15 is 0 Å². The van der Waals surface area contributed by atoms with E-state index in [4.69, 9.17) is 0 Å². The lowest BCUT2D eigenvalue weighted by molar-refractivity contribution is 0.602. The summed E-state index contributed by atoms with van der Waals surface area (Å²) in [4.78, 5) is 4.93. The minimum absolute atomic E-state index is 0. The topological polar surface area (TPSA) is 70.6 Å². The van der Waals surface area contributed by atoms with Gasteiger partial charge in [-0.1, -0.05) is 48.9 Å². The van der Waals surface area contributed by atoms with Gasteiger partial charge in [-0.3, -0.25) is 0 Å². The van der Waals surface area contributed by atoms with Crippen molar-refractivity contribution in [3.8, 4) is 0 Å². The van der Waals surface area contributed by atoms with E-state index in [9.17, 15) is 8.42 Å². The van der Waals surface area contributed by atoms with E-state index in [-0.39, 0.29) is 24.0 Å². The Morgan fingerprint density at radius 1 is 1.04 bits per heavy atom. The van der Waals surface area contributed by atoms with Gasteiger partial charge in [0.2, 0.25) is 0 Å². The first-order chi connectivity index (χ1) is 12.8. The van der Waals surface area contributed by atoms with Crippen LogP contribution in [0.3, 0.4) is 0 Å². The van der Waals surface area contributed by atoms with Gasteiger partial charge in [0, 0.05) is 19.3 Å². The maximum atomic E-state index is 11.5. The number of hydrogen-bond donors (Lipinski definition) is 2. The molecule has 2 aromatic carbocycles. The molecule has 0 saturated carbocycles. The van der Waals surface area contributed by atoms with Crippen molar-refractivity contribution >= 4 is 39.8 Å².